The van der Waals surface area contributed by atoms with Crippen molar-refractivity contribution in [1.82, 2.24) is 20.9 Å². The van der Waals surface area contributed by atoms with Crippen molar-refractivity contribution in [3.63, 3.8) is 0 Å². The van der Waals surface area contributed by atoms with Gasteiger partial charge in [-0.1, -0.05) is 32.0 Å². The second kappa shape index (κ2) is 13.9. The highest BCUT2D eigenvalue weighted by molar-refractivity contribution is 5.95. The van der Waals surface area contributed by atoms with Crippen LogP contribution in [0.4, 0.5) is 0 Å². The van der Waals surface area contributed by atoms with Gasteiger partial charge < -0.3 is 42.6 Å². The van der Waals surface area contributed by atoms with Crippen LogP contribution in [0.1, 0.15) is 38.7 Å². The van der Waals surface area contributed by atoms with Crippen molar-refractivity contribution in [2.45, 2.75) is 63.7 Å². The van der Waals surface area contributed by atoms with Gasteiger partial charge in [-0.15, -0.1) is 0 Å². The van der Waals surface area contributed by atoms with Crippen LogP contribution in [0, 0.1) is 5.92 Å². The largest absolute Gasteiger partial charge is 0.481 e. The summed E-state index contributed by atoms with van der Waals surface area (Å²) in [5.41, 5.74) is 13.0. The molecule has 0 fully saturated rings. The minimum Gasteiger partial charge on any atom is -0.481 e. The van der Waals surface area contributed by atoms with Gasteiger partial charge in [-0.05, 0) is 30.4 Å². The summed E-state index contributed by atoms with van der Waals surface area (Å²) >= 11 is 0. The molecule has 2 aromatic rings. The Kier molecular flexibility index (Phi) is 11.0. The molecule has 1 aromatic carbocycles. The van der Waals surface area contributed by atoms with Crippen LogP contribution in [0.5, 0.6) is 0 Å². The lowest BCUT2D eigenvalue weighted by Gasteiger charge is -2.26. The highest BCUT2D eigenvalue weighted by Crippen LogP contribution is 2.19. The second-order valence-electron chi connectivity index (χ2n) is 9.46. The number of hydrogen-bond donors (Lipinski definition) is 8. The summed E-state index contributed by atoms with van der Waals surface area (Å²) in [5, 5.41) is 26.1. The van der Waals surface area contributed by atoms with Gasteiger partial charge in [0.05, 0.1) is 12.5 Å². The molecule has 0 spiro atoms. The number of aromatic amines is 1. The fraction of sp³-hybridized carbons (Fsp3) is 0.440. The van der Waals surface area contributed by atoms with Gasteiger partial charge in [0.1, 0.15) is 18.1 Å². The minimum atomic E-state index is -1.77. The molecule has 0 aliphatic carbocycles. The first-order chi connectivity index (χ1) is 18.3. The predicted molar refractivity (Wildman–Crippen MR) is 139 cm³/mol. The Hall–Kier alpha value is -4.46. The Morgan fingerprint density at radius 1 is 0.923 bits per heavy atom. The van der Waals surface area contributed by atoms with E-state index in [4.69, 9.17) is 16.6 Å². The van der Waals surface area contributed by atoms with E-state index in [0.717, 1.165) is 16.5 Å². The molecule has 1 heterocycles. The van der Waals surface area contributed by atoms with E-state index >= 15 is 0 Å². The maximum Gasteiger partial charge on any atom is 0.326 e. The van der Waals surface area contributed by atoms with Crippen LogP contribution in [0.2, 0.25) is 0 Å². The lowest BCUT2D eigenvalue weighted by molar-refractivity contribution is -0.147. The zero-order valence-electron chi connectivity index (χ0n) is 21.6. The molecule has 0 aliphatic heterocycles. The van der Waals surface area contributed by atoms with Gasteiger partial charge >= 0.3 is 11.9 Å². The fourth-order valence-electron chi connectivity index (χ4n) is 3.89. The number of amides is 4. The van der Waals surface area contributed by atoms with Crippen LogP contribution in [-0.2, 0) is 35.2 Å². The minimum absolute atomic E-state index is 0.187. The van der Waals surface area contributed by atoms with E-state index in [-0.39, 0.29) is 19.3 Å². The smallest absolute Gasteiger partial charge is 0.326 e. The third-order valence-corrected chi connectivity index (χ3v) is 6.00. The Morgan fingerprint density at radius 2 is 1.56 bits per heavy atom. The molecule has 4 amide bonds. The summed E-state index contributed by atoms with van der Waals surface area (Å²) in [6.07, 6.45) is 0.415. The van der Waals surface area contributed by atoms with Gasteiger partial charge in [0.15, 0.2) is 0 Å². The number of carbonyl (C=O) groups is 6. The van der Waals surface area contributed by atoms with Gasteiger partial charge in [0.2, 0.25) is 23.6 Å². The van der Waals surface area contributed by atoms with Crippen LogP contribution in [0.25, 0.3) is 10.9 Å². The molecule has 14 nitrogen and oxygen atoms in total. The Balaban J connectivity index is 2.12. The molecule has 39 heavy (non-hydrogen) atoms. The van der Waals surface area contributed by atoms with Crippen LogP contribution in [-0.4, -0.2) is 74.9 Å². The zero-order chi connectivity index (χ0) is 29.3. The van der Waals surface area contributed by atoms with Crippen molar-refractivity contribution < 1.29 is 39.0 Å². The lowest BCUT2D eigenvalue weighted by Crippen LogP contribution is -2.58. The van der Waals surface area contributed by atoms with Crippen molar-refractivity contribution in [2.75, 3.05) is 0 Å². The number of para-hydroxylation sites is 1. The first kappa shape index (κ1) is 30.8. The molecule has 2 rings (SSSR count). The number of nitrogens with two attached hydrogens (primary N) is 2. The molecule has 14 heteroatoms. The summed E-state index contributed by atoms with van der Waals surface area (Å²) in [6, 6.07) is 2.16. The summed E-state index contributed by atoms with van der Waals surface area (Å²) < 4.78 is 0. The van der Waals surface area contributed by atoms with Gasteiger partial charge in [-0.2, -0.15) is 0 Å². The van der Waals surface area contributed by atoms with Crippen molar-refractivity contribution in [3.8, 4) is 0 Å². The number of aliphatic carboxylic acids is 2. The SMILES string of the molecule is CC(C)C(NC(=O)C(N)Cc1c[nH]c2ccccc12)C(=O)NC(CCC(N)=O)C(=O)NC(CC(=O)O)C(=O)O. The van der Waals surface area contributed by atoms with Crippen LogP contribution < -0.4 is 27.4 Å². The van der Waals surface area contributed by atoms with Crippen molar-refractivity contribution in [3.05, 3.63) is 36.0 Å². The normalized spacial score (nSPS) is 14.2. The number of aromatic nitrogens is 1. The van der Waals surface area contributed by atoms with Gasteiger partial charge in [-0.3, -0.25) is 24.0 Å². The number of primary amides is 1. The van der Waals surface area contributed by atoms with Gasteiger partial charge in [-0.25, -0.2) is 4.79 Å². The summed E-state index contributed by atoms with van der Waals surface area (Å²) in [4.78, 5) is 75.5. The van der Waals surface area contributed by atoms with Crippen LogP contribution in [0.15, 0.2) is 30.5 Å². The van der Waals surface area contributed by atoms with Crippen LogP contribution in [0.3, 0.4) is 0 Å². The lowest BCUT2D eigenvalue weighted by atomic mass is 10.00. The summed E-state index contributed by atoms with van der Waals surface area (Å²) in [6.45, 7) is 3.31. The molecule has 4 unspecified atom stereocenters. The highest BCUT2D eigenvalue weighted by Gasteiger charge is 2.32. The average Bonchev–Trinajstić information content (AvgIpc) is 3.26. The molecule has 0 bridgehead atoms. The summed E-state index contributed by atoms with van der Waals surface area (Å²) in [7, 11) is 0. The quantitative estimate of drug-likeness (QED) is 0.136. The fourth-order valence-corrected chi connectivity index (χ4v) is 3.89. The molecule has 212 valence electrons. The molecular weight excluding hydrogens is 512 g/mol. The monoisotopic (exact) mass is 546 g/mol. The number of H-pyrrole nitrogens is 1. The maximum atomic E-state index is 13.1. The van der Waals surface area contributed by atoms with Gasteiger partial charge in [0, 0.05) is 23.5 Å². The predicted octanol–water partition coefficient (Wildman–Crippen LogP) is -1.03. The van der Waals surface area contributed by atoms with Crippen LogP contribution >= 0.6 is 0 Å². The first-order valence-corrected chi connectivity index (χ1v) is 12.2. The van der Waals surface area contributed by atoms with Crippen molar-refractivity contribution >= 4 is 46.5 Å². The molecule has 0 radical (unpaired) electrons. The third-order valence-electron chi connectivity index (χ3n) is 6.00. The summed E-state index contributed by atoms with van der Waals surface area (Å²) in [5.74, 6) is -6.71. The molecule has 10 N–H and O–H groups in total. The first-order valence-electron chi connectivity index (χ1n) is 12.2. The molecular formula is C25H34N6O8. The topological polar surface area (TPSA) is 247 Å². The van der Waals surface area contributed by atoms with Crippen molar-refractivity contribution in [1.29, 1.82) is 0 Å². The number of carbonyl (C=O) groups excluding carboxylic acids is 4. The highest BCUT2D eigenvalue weighted by atomic mass is 16.4. The number of carboxylic acids is 2. The zero-order valence-corrected chi connectivity index (χ0v) is 21.6. The Labute approximate surface area is 223 Å². The Bertz CT molecular complexity index is 1230. The van der Waals surface area contributed by atoms with E-state index in [1.54, 1.807) is 20.0 Å². The second-order valence-corrected chi connectivity index (χ2v) is 9.46. The number of rotatable bonds is 15. The number of nitrogens with one attached hydrogen (secondary N) is 4. The molecule has 4 atom stereocenters. The number of carboxylic acid groups (broad SMARTS) is 2. The van der Waals surface area contributed by atoms with Gasteiger partial charge in [0.25, 0.3) is 0 Å². The third kappa shape index (κ3) is 9.10. The van der Waals surface area contributed by atoms with E-state index in [0.29, 0.717) is 0 Å². The molecule has 0 saturated carbocycles. The van der Waals surface area contributed by atoms with E-state index in [1.807, 2.05) is 29.6 Å². The number of hydrogen-bond acceptors (Lipinski definition) is 7. The Morgan fingerprint density at radius 3 is 2.15 bits per heavy atom. The average molecular weight is 547 g/mol. The standard InChI is InChI=1S/C25H34N6O8/c1-12(2)21(31-22(35)15(26)9-13-11-28-16-6-4-3-5-14(13)16)24(37)29-17(7-8-19(27)32)23(36)30-18(25(38)39)10-20(33)34/h3-6,11-12,15,17-18,21,28H,7-10,26H2,1-2H3,(H2,27,32)(H,29,37)(H,30,36)(H,31,35)(H,33,34)(H,38,39). The number of benzene rings is 1. The van der Waals surface area contributed by atoms with E-state index < -0.39 is 72.1 Å². The van der Waals surface area contributed by atoms with E-state index in [9.17, 15) is 33.9 Å². The maximum absolute atomic E-state index is 13.1. The number of fused-ring (bicyclic) bond motifs is 1. The van der Waals surface area contributed by atoms with E-state index in [2.05, 4.69) is 15.6 Å². The molecule has 0 aliphatic rings. The van der Waals surface area contributed by atoms with Crippen molar-refractivity contribution in [2.24, 2.45) is 17.4 Å². The molecule has 0 saturated heterocycles. The van der Waals surface area contributed by atoms with E-state index in [1.165, 1.54) is 0 Å². The molecule has 1 aromatic heterocycles.